The van der Waals surface area contributed by atoms with Crippen LogP contribution in [0.4, 0.5) is 10.1 Å². The molecular weight excluding hydrogens is 339 g/mol. The molecule has 0 saturated heterocycles. The van der Waals surface area contributed by atoms with Crippen molar-refractivity contribution in [1.29, 1.82) is 0 Å². The summed E-state index contributed by atoms with van der Waals surface area (Å²) < 4.78 is 23.3. The van der Waals surface area contributed by atoms with E-state index in [1.807, 2.05) is 0 Å². The van der Waals surface area contributed by atoms with Gasteiger partial charge in [-0.25, -0.2) is 9.18 Å². The zero-order valence-electron chi connectivity index (χ0n) is 14.8. The van der Waals surface area contributed by atoms with Crippen molar-refractivity contribution in [2.24, 2.45) is 0 Å². The van der Waals surface area contributed by atoms with Gasteiger partial charge in [0.05, 0.1) is 20.3 Å². The van der Waals surface area contributed by atoms with Crippen LogP contribution < -0.4 is 15.4 Å². The lowest BCUT2D eigenvalue weighted by atomic mass is 9.98. The van der Waals surface area contributed by atoms with Gasteiger partial charge in [-0.05, 0) is 42.0 Å². The standard InChI is InChI=1S/C19H21FN2O4/c1-12(23)21-18(19(24)26-3)17(13-4-6-14(20)7-5-13)22-15-8-10-16(25-2)11-9-15/h4-11,17-18,22H,1-3H3,(H,21,23)/t17-,18+/m1/s1. The van der Waals surface area contributed by atoms with Gasteiger partial charge in [0.25, 0.3) is 0 Å². The van der Waals surface area contributed by atoms with E-state index in [9.17, 15) is 14.0 Å². The molecule has 0 fully saturated rings. The molecule has 138 valence electrons. The SMILES string of the molecule is COC(=O)[C@@H](NC(C)=O)[C@H](Nc1ccc(OC)cc1)c1ccc(F)cc1. The zero-order valence-corrected chi connectivity index (χ0v) is 14.8. The van der Waals surface area contributed by atoms with Crippen LogP contribution in [0.15, 0.2) is 48.5 Å². The molecule has 26 heavy (non-hydrogen) atoms. The van der Waals surface area contributed by atoms with Gasteiger partial charge in [0.2, 0.25) is 5.91 Å². The molecule has 0 heterocycles. The molecule has 2 atom stereocenters. The number of nitrogens with one attached hydrogen (secondary N) is 2. The number of halogens is 1. The van der Waals surface area contributed by atoms with Crippen LogP contribution in [0.2, 0.25) is 0 Å². The average Bonchev–Trinajstić information content (AvgIpc) is 2.65. The first-order valence-electron chi connectivity index (χ1n) is 7.95. The fraction of sp³-hybridized carbons (Fsp3) is 0.263. The van der Waals surface area contributed by atoms with Crippen LogP contribution in [0.3, 0.4) is 0 Å². The van der Waals surface area contributed by atoms with Crippen molar-refractivity contribution in [1.82, 2.24) is 5.32 Å². The predicted molar refractivity (Wildman–Crippen MR) is 95.4 cm³/mol. The highest BCUT2D eigenvalue weighted by Gasteiger charge is 2.31. The Morgan fingerprint density at radius 1 is 1.00 bits per heavy atom. The molecule has 7 heteroatoms. The number of ether oxygens (including phenoxy) is 2. The summed E-state index contributed by atoms with van der Waals surface area (Å²) in [6.45, 7) is 1.31. The van der Waals surface area contributed by atoms with Crippen molar-refractivity contribution >= 4 is 17.6 Å². The number of methoxy groups -OCH3 is 2. The van der Waals surface area contributed by atoms with Crippen LogP contribution >= 0.6 is 0 Å². The van der Waals surface area contributed by atoms with Crippen LogP contribution in [0, 0.1) is 5.82 Å². The maximum atomic E-state index is 13.3. The molecule has 2 N–H and O–H groups in total. The molecule has 0 aliphatic carbocycles. The Hall–Kier alpha value is -3.09. The first-order valence-corrected chi connectivity index (χ1v) is 7.95. The number of carbonyl (C=O) groups is 2. The maximum absolute atomic E-state index is 13.3. The Labute approximate surface area is 151 Å². The molecule has 2 aromatic carbocycles. The lowest BCUT2D eigenvalue weighted by Gasteiger charge is -2.28. The summed E-state index contributed by atoms with van der Waals surface area (Å²) in [5.41, 5.74) is 1.31. The topological polar surface area (TPSA) is 76.7 Å². The monoisotopic (exact) mass is 360 g/mol. The van der Waals surface area contributed by atoms with E-state index in [1.54, 1.807) is 43.5 Å². The smallest absolute Gasteiger partial charge is 0.330 e. The third kappa shape index (κ3) is 4.95. The minimum Gasteiger partial charge on any atom is -0.497 e. The minimum atomic E-state index is -0.995. The molecule has 0 unspecified atom stereocenters. The molecule has 0 saturated carbocycles. The van der Waals surface area contributed by atoms with E-state index < -0.39 is 23.9 Å². The number of esters is 1. The van der Waals surface area contributed by atoms with Gasteiger partial charge in [-0.15, -0.1) is 0 Å². The number of hydrogen-bond donors (Lipinski definition) is 2. The van der Waals surface area contributed by atoms with Gasteiger partial charge < -0.3 is 20.1 Å². The Morgan fingerprint density at radius 3 is 2.12 bits per heavy atom. The van der Waals surface area contributed by atoms with E-state index in [1.165, 1.54) is 26.2 Å². The highest BCUT2D eigenvalue weighted by Crippen LogP contribution is 2.25. The predicted octanol–water partition coefficient (Wildman–Crippen LogP) is 2.67. The maximum Gasteiger partial charge on any atom is 0.330 e. The lowest BCUT2D eigenvalue weighted by Crippen LogP contribution is -2.47. The van der Waals surface area contributed by atoms with E-state index in [0.29, 0.717) is 17.0 Å². The number of hydrogen-bond acceptors (Lipinski definition) is 5. The van der Waals surface area contributed by atoms with Crippen molar-refractivity contribution in [2.45, 2.75) is 19.0 Å². The average molecular weight is 360 g/mol. The molecule has 0 spiro atoms. The van der Waals surface area contributed by atoms with E-state index >= 15 is 0 Å². The molecule has 0 aliphatic heterocycles. The van der Waals surface area contributed by atoms with Crippen LogP contribution in [-0.4, -0.2) is 32.1 Å². The third-order valence-electron chi connectivity index (χ3n) is 3.79. The second kappa shape index (κ2) is 8.84. The molecular formula is C19H21FN2O4. The Balaban J connectivity index is 2.39. The Morgan fingerprint density at radius 2 is 1.62 bits per heavy atom. The first-order chi connectivity index (χ1) is 12.4. The van der Waals surface area contributed by atoms with Crippen LogP contribution in [0.1, 0.15) is 18.5 Å². The quantitative estimate of drug-likeness (QED) is 0.743. The summed E-state index contributed by atoms with van der Waals surface area (Å²) in [4.78, 5) is 23.8. The zero-order chi connectivity index (χ0) is 19.1. The normalized spacial score (nSPS) is 12.6. The minimum absolute atomic E-state index is 0.385. The molecule has 6 nitrogen and oxygen atoms in total. The fourth-order valence-electron chi connectivity index (χ4n) is 2.52. The van der Waals surface area contributed by atoms with Gasteiger partial charge in [0.1, 0.15) is 11.6 Å². The van der Waals surface area contributed by atoms with Gasteiger partial charge in [-0.1, -0.05) is 12.1 Å². The van der Waals surface area contributed by atoms with E-state index in [2.05, 4.69) is 10.6 Å². The molecule has 0 aliphatic rings. The number of anilines is 1. The van der Waals surface area contributed by atoms with Crippen LogP contribution in [0.5, 0.6) is 5.75 Å². The van der Waals surface area contributed by atoms with E-state index in [0.717, 1.165) is 0 Å². The Bertz CT molecular complexity index is 747. The van der Waals surface area contributed by atoms with Gasteiger partial charge in [0, 0.05) is 12.6 Å². The highest BCUT2D eigenvalue weighted by molar-refractivity contribution is 5.84. The molecule has 0 aromatic heterocycles. The van der Waals surface area contributed by atoms with Crippen molar-refractivity contribution in [2.75, 3.05) is 19.5 Å². The fourth-order valence-corrected chi connectivity index (χ4v) is 2.52. The molecule has 0 bridgehead atoms. The largest absolute Gasteiger partial charge is 0.497 e. The first kappa shape index (κ1) is 19.2. The van der Waals surface area contributed by atoms with E-state index in [4.69, 9.17) is 9.47 Å². The lowest BCUT2D eigenvalue weighted by molar-refractivity contribution is -0.145. The van der Waals surface area contributed by atoms with Gasteiger partial charge in [0.15, 0.2) is 6.04 Å². The van der Waals surface area contributed by atoms with Crippen molar-refractivity contribution < 1.29 is 23.5 Å². The molecule has 1 amide bonds. The third-order valence-corrected chi connectivity index (χ3v) is 3.79. The van der Waals surface area contributed by atoms with Crippen LogP contribution in [-0.2, 0) is 14.3 Å². The highest BCUT2D eigenvalue weighted by atomic mass is 19.1. The van der Waals surface area contributed by atoms with Gasteiger partial charge in [-0.2, -0.15) is 0 Å². The number of rotatable bonds is 7. The summed E-state index contributed by atoms with van der Waals surface area (Å²) >= 11 is 0. The Kier molecular flexibility index (Phi) is 6.54. The summed E-state index contributed by atoms with van der Waals surface area (Å²) in [5.74, 6) is -0.717. The second-order valence-electron chi connectivity index (χ2n) is 5.60. The summed E-state index contributed by atoms with van der Waals surface area (Å²) in [5, 5.41) is 5.79. The molecule has 2 aromatic rings. The van der Waals surface area contributed by atoms with Crippen LogP contribution in [0.25, 0.3) is 0 Å². The van der Waals surface area contributed by atoms with Crippen molar-refractivity contribution in [3.8, 4) is 5.75 Å². The van der Waals surface area contributed by atoms with E-state index in [-0.39, 0.29) is 5.91 Å². The molecule has 0 radical (unpaired) electrons. The summed E-state index contributed by atoms with van der Waals surface area (Å²) in [6, 6.07) is 11.1. The summed E-state index contributed by atoms with van der Waals surface area (Å²) in [6.07, 6.45) is 0. The number of carbonyl (C=O) groups excluding carboxylic acids is 2. The number of benzene rings is 2. The van der Waals surface area contributed by atoms with Crippen molar-refractivity contribution in [3.05, 3.63) is 59.9 Å². The van der Waals surface area contributed by atoms with Crippen molar-refractivity contribution in [3.63, 3.8) is 0 Å². The van der Waals surface area contributed by atoms with Gasteiger partial charge in [-0.3, -0.25) is 4.79 Å². The summed E-state index contributed by atoms with van der Waals surface area (Å²) in [7, 11) is 2.81. The second-order valence-corrected chi connectivity index (χ2v) is 5.60. The number of amides is 1. The van der Waals surface area contributed by atoms with Gasteiger partial charge >= 0.3 is 5.97 Å². The molecule has 2 rings (SSSR count).